The molecule has 0 aliphatic heterocycles. The third-order valence-electron chi connectivity index (χ3n) is 2.78. The Morgan fingerprint density at radius 3 is 2.19 bits per heavy atom. The number of aryl methyl sites for hydroxylation is 1. The van der Waals surface area contributed by atoms with Gasteiger partial charge in [0.15, 0.2) is 5.78 Å². The summed E-state index contributed by atoms with van der Waals surface area (Å²) in [4.78, 5) is 11.9. The van der Waals surface area contributed by atoms with Crippen LogP contribution < -0.4 is 5.73 Å². The van der Waals surface area contributed by atoms with Gasteiger partial charge in [-0.1, -0.05) is 50.6 Å². The highest BCUT2D eigenvalue weighted by Gasteiger charge is 2.26. The first kappa shape index (κ1) is 12.9. The summed E-state index contributed by atoms with van der Waals surface area (Å²) in [5.74, 6) is 0.108. The Morgan fingerprint density at radius 2 is 1.75 bits per heavy atom. The quantitative estimate of drug-likeness (QED) is 0.848. The first-order valence-electron chi connectivity index (χ1n) is 5.64. The van der Waals surface area contributed by atoms with Gasteiger partial charge in [0, 0.05) is 6.42 Å². The molecule has 0 heterocycles. The van der Waals surface area contributed by atoms with Crippen LogP contribution in [0.1, 0.15) is 31.9 Å². The minimum absolute atomic E-state index is 0.108. The number of hydrogen-bond acceptors (Lipinski definition) is 2. The maximum atomic E-state index is 11.9. The smallest absolute Gasteiger partial charge is 0.154 e. The van der Waals surface area contributed by atoms with Crippen molar-refractivity contribution < 1.29 is 4.79 Å². The Balaban J connectivity index is 2.68. The Bertz CT molecular complexity index is 359. The van der Waals surface area contributed by atoms with Crippen LogP contribution in [0.15, 0.2) is 24.3 Å². The van der Waals surface area contributed by atoms with E-state index in [0.29, 0.717) is 6.42 Å². The summed E-state index contributed by atoms with van der Waals surface area (Å²) in [7, 11) is 0. The molecule has 0 radical (unpaired) electrons. The van der Waals surface area contributed by atoms with E-state index in [9.17, 15) is 4.79 Å². The predicted octanol–water partition coefficient (Wildman–Crippen LogP) is 2.48. The van der Waals surface area contributed by atoms with Crippen LogP contribution >= 0.6 is 0 Å². The maximum absolute atomic E-state index is 11.9. The molecule has 0 aliphatic rings. The molecule has 16 heavy (non-hydrogen) atoms. The lowest BCUT2D eigenvalue weighted by Crippen LogP contribution is -2.43. The van der Waals surface area contributed by atoms with Crippen molar-refractivity contribution in [3.8, 4) is 0 Å². The SMILES string of the molecule is Cc1ccc(CC(=O)C(N)C(C)(C)C)cc1. The van der Waals surface area contributed by atoms with E-state index in [1.54, 1.807) is 0 Å². The van der Waals surface area contributed by atoms with Crippen molar-refractivity contribution in [1.82, 2.24) is 0 Å². The molecule has 0 aliphatic carbocycles. The van der Waals surface area contributed by atoms with Gasteiger partial charge in [0.2, 0.25) is 0 Å². The number of hydrogen-bond donors (Lipinski definition) is 1. The fourth-order valence-electron chi connectivity index (χ4n) is 1.50. The highest BCUT2D eigenvalue weighted by atomic mass is 16.1. The van der Waals surface area contributed by atoms with Crippen molar-refractivity contribution in [3.63, 3.8) is 0 Å². The predicted molar refractivity (Wildman–Crippen MR) is 67.3 cm³/mol. The number of nitrogens with two attached hydrogens (primary N) is 1. The van der Waals surface area contributed by atoms with Crippen molar-refractivity contribution in [3.05, 3.63) is 35.4 Å². The minimum atomic E-state index is -0.395. The fourth-order valence-corrected chi connectivity index (χ4v) is 1.50. The number of carbonyl (C=O) groups excluding carboxylic acids is 1. The summed E-state index contributed by atoms with van der Waals surface area (Å²) in [5.41, 5.74) is 8.00. The lowest BCUT2D eigenvalue weighted by Gasteiger charge is -2.25. The lowest BCUT2D eigenvalue weighted by atomic mass is 9.83. The van der Waals surface area contributed by atoms with Crippen molar-refractivity contribution in [2.45, 2.75) is 40.2 Å². The van der Waals surface area contributed by atoms with Crippen LogP contribution in [0, 0.1) is 12.3 Å². The molecule has 0 aromatic heterocycles. The lowest BCUT2D eigenvalue weighted by molar-refractivity contribution is -0.121. The zero-order valence-corrected chi connectivity index (χ0v) is 10.6. The van der Waals surface area contributed by atoms with Gasteiger partial charge < -0.3 is 5.73 Å². The molecule has 1 rings (SSSR count). The number of benzene rings is 1. The number of carbonyl (C=O) groups is 1. The molecule has 2 nitrogen and oxygen atoms in total. The van der Waals surface area contributed by atoms with E-state index < -0.39 is 6.04 Å². The van der Waals surface area contributed by atoms with Gasteiger partial charge in [-0.2, -0.15) is 0 Å². The third kappa shape index (κ3) is 3.46. The van der Waals surface area contributed by atoms with Crippen LogP contribution in [0.3, 0.4) is 0 Å². The Hall–Kier alpha value is -1.15. The average molecular weight is 219 g/mol. The summed E-state index contributed by atoms with van der Waals surface area (Å²) in [6.45, 7) is 8.01. The van der Waals surface area contributed by atoms with E-state index in [0.717, 1.165) is 5.56 Å². The second-order valence-electron chi connectivity index (χ2n) is 5.47. The molecule has 0 amide bonds. The maximum Gasteiger partial charge on any atom is 0.154 e. The van der Waals surface area contributed by atoms with Crippen LogP contribution in [0.4, 0.5) is 0 Å². The Morgan fingerprint density at radius 1 is 1.25 bits per heavy atom. The summed E-state index contributed by atoms with van der Waals surface area (Å²) < 4.78 is 0. The summed E-state index contributed by atoms with van der Waals surface area (Å²) in [6.07, 6.45) is 0.429. The standard InChI is InChI=1S/C14H21NO/c1-10-5-7-11(8-6-10)9-12(16)13(15)14(2,3)4/h5-8,13H,9,15H2,1-4H3. The molecule has 0 saturated carbocycles. The largest absolute Gasteiger partial charge is 0.321 e. The van der Waals surface area contributed by atoms with E-state index in [1.165, 1.54) is 5.56 Å². The first-order chi connectivity index (χ1) is 7.30. The van der Waals surface area contributed by atoms with E-state index in [1.807, 2.05) is 52.0 Å². The number of Topliss-reactive ketones (excluding diaryl/α,β-unsaturated/α-hetero) is 1. The van der Waals surface area contributed by atoms with Crippen LogP contribution in [-0.2, 0) is 11.2 Å². The molecule has 1 unspecified atom stereocenters. The molecule has 0 bridgehead atoms. The molecule has 2 heteroatoms. The summed E-state index contributed by atoms with van der Waals surface area (Å²) >= 11 is 0. The van der Waals surface area contributed by atoms with Gasteiger partial charge in [-0.3, -0.25) is 4.79 Å². The molecule has 1 atom stereocenters. The monoisotopic (exact) mass is 219 g/mol. The van der Waals surface area contributed by atoms with Gasteiger partial charge in [-0.15, -0.1) is 0 Å². The number of ketones is 1. The number of rotatable bonds is 3. The van der Waals surface area contributed by atoms with Crippen LogP contribution in [0.2, 0.25) is 0 Å². The zero-order valence-electron chi connectivity index (χ0n) is 10.6. The summed E-state index contributed by atoms with van der Waals surface area (Å²) in [5, 5.41) is 0. The second-order valence-corrected chi connectivity index (χ2v) is 5.47. The molecular weight excluding hydrogens is 198 g/mol. The van der Waals surface area contributed by atoms with Gasteiger partial charge in [0.1, 0.15) is 0 Å². The molecule has 1 aromatic rings. The van der Waals surface area contributed by atoms with Crippen molar-refractivity contribution in [2.75, 3.05) is 0 Å². The van der Waals surface area contributed by atoms with E-state index in [4.69, 9.17) is 5.73 Å². The van der Waals surface area contributed by atoms with Crippen LogP contribution in [0.25, 0.3) is 0 Å². The van der Waals surface area contributed by atoms with Gasteiger partial charge in [-0.25, -0.2) is 0 Å². The van der Waals surface area contributed by atoms with E-state index >= 15 is 0 Å². The summed E-state index contributed by atoms with van der Waals surface area (Å²) in [6, 6.07) is 7.62. The van der Waals surface area contributed by atoms with Gasteiger partial charge >= 0.3 is 0 Å². The van der Waals surface area contributed by atoms with Gasteiger partial charge in [-0.05, 0) is 17.9 Å². The molecule has 0 saturated heterocycles. The highest BCUT2D eigenvalue weighted by Crippen LogP contribution is 2.19. The van der Waals surface area contributed by atoms with E-state index in [-0.39, 0.29) is 11.2 Å². The van der Waals surface area contributed by atoms with Gasteiger partial charge in [0.25, 0.3) is 0 Å². The topological polar surface area (TPSA) is 43.1 Å². The van der Waals surface area contributed by atoms with E-state index in [2.05, 4.69) is 0 Å². The Labute approximate surface area is 97.9 Å². The first-order valence-corrected chi connectivity index (χ1v) is 5.64. The van der Waals surface area contributed by atoms with Crippen LogP contribution in [-0.4, -0.2) is 11.8 Å². The van der Waals surface area contributed by atoms with Crippen molar-refractivity contribution in [1.29, 1.82) is 0 Å². The molecule has 88 valence electrons. The Kier molecular flexibility index (Phi) is 3.87. The van der Waals surface area contributed by atoms with Crippen molar-refractivity contribution >= 4 is 5.78 Å². The zero-order chi connectivity index (χ0) is 12.3. The highest BCUT2D eigenvalue weighted by molar-refractivity contribution is 5.86. The molecule has 0 spiro atoms. The average Bonchev–Trinajstić information content (AvgIpc) is 2.19. The second kappa shape index (κ2) is 4.79. The normalized spacial score (nSPS) is 13.6. The molecule has 1 aromatic carbocycles. The fraction of sp³-hybridized carbons (Fsp3) is 0.500. The molecule has 2 N–H and O–H groups in total. The molecule has 0 fully saturated rings. The van der Waals surface area contributed by atoms with Crippen molar-refractivity contribution in [2.24, 2.45) is 11.1 Å². The minimum Gasteiger partial charge on any atom is -0.321 e. The van der Waals surface area contributed by atoms with Crippen LogP contribution in [0.5, 0.6) is 0 Å². The molecular formula is C14H21NO. The third-order valence-corrected chi connectivity index (χ3v) is 2.78. The van der Waals surface area contributed by atoms with Gasteiger partial charge in [0.05, 0.1) is 6.04 Å².